The summed E-state index contributed by atoms with van der Waals surface area (Å²) in [4.78, 5) is 12.0. The Morgan fingerprint density at radius 2 is 1.75 bits per heavy atom. The first-order valence-corrected chi connectivity index (χ1v) is 5.35. The molecule has 0 unspecified atom stereocenters. The second-order valence-electron chi connectivity index (χ2n) is 3.70. The monoisotopic (exact) mass is 234 g/mol. The summed E-state index contributed by atoms with van der Waals surface area (Å²) in [6.45, 7) is 0. The van der Waals surface area contributed by atoms with Crippen LogP contribution in [0.25, 0.3) is 0 Å². The summed E-state index contributed by atoms with van der Waals surface area (Å²) in [6.07, 6.45) is 6.06. The molecule has 1 aliphatic rings. The summed E-state index contributed by atoms with van der Waals surface area (Å²) in [5.74, 6) is -0.346. The Bertz CT molecular complexity index is 430. The van der Waals surface area contributed by atoms with Gasteiger partial charge in [0, 0.05) is 5.56 Å². The second-order valence-corrected chi connectivity index (χ2v) is 4.31. The molecule has 0 fully saturated rings. The predicted octanol–water partition coefficient (Wildman–Crippen LogP) is 2.54. The highest BCUT2D eigenvalue weighted by molar-refractivity contribution is 6.25. The number of carbonyl (C=O) groups excluding carboxylic acids is 1. The number of benzene rings is 1. The van der Waals surface area contributed by atoms with Crippen LogP contribution in [0.2, 0.25) is 0 Å². The molecule has 0 aliphatic heterocycles. The van der Waals surface area contributed by atoms with Crippen LogP contribution in [0, 0.1) is 5.92 Å². The summed E-state index contributed by atoms with van der Waals surface area (Å²) in [5.41, 5.74) is 0.654. The lowest BCUT2D eigenvalue weighted by molar-refractivity contribution is 0.0962. The molecule has 0 atom stereocenters. The van der Waals surface area contributed by atoms with Crippen LogP contribution in [0.4, 0.5) is 0 Å². The van der Waals surface area contributed by atoms with Crippen LogP contribution in [-0.4, -0.2) is 16.0 Å². The van der Waals surface area contributed by atoms with E-state index in [1.165, 1.54) is 12.2 Å². The minimum absolute atomic E-state index is 0.000247. The first-order valence-electron chi connectivity index (χ1n) is 4.98. The van der Waals surface area contributed by atoms with Crippen molar-refractivity contribution in [2.75, 3.05) is 0 Å². The molecule has 0 saturated heterocycles. The summed E-state index contributed by atoms with van der Waals surface area (Å²) in [5, 5.41) is 7.97. The van der Waals surface area contributed by atoms with Crippen LogP contribution >= 0.6 is 11.6 Å². The van der Waals surface area contributed by atoms with Gasteiger partial charge in [-0.05, 0) is 12.2 Å². The van der Waals surface area contributed by atoms with Crippen molar-refractivity contribution in [2.45, 2.75) is 5.06 Å². The number of ketones is 1. The predicted molar refractivity (Wildman–Crippen MR) is 63.3 cm³/mol. The summed E-state index contributed by atoms with van der Waals surface area (Å²) >= 11 is 5.66. The van der Waals surface area contributed by atoms with E-state index in [-0.39, 0.29) is 11.7 Å². The molecule has 0 aromatic heterocycles. The van der Waals surface area contributed by atoms with E-state index in [4.69, 9.17) is 11.6 Å². The van der Waals surface area contributed by atoms with Crippen LogP contribution in [0.1, 0.15) is 10.4 Å². The molecule has 0 bridgehead atoms. The lowest BCUT2D eigenvalue weighted by Crippen LogP contribution is -2.21. The molecule has 1 N–H and O–H groups in total. The maximum absolute atomic E-state index is 12.0. The Morgan fingerprint density at radius 3 is 2.31 bits per heavy atom. The van der Waals surface area contributed by atoms with E-state index in [0.717, 1.165) is 0 Å². The Hall–Kier alpha value is -1.38. The average Bonchev–Trinajstić information content (AvgIpc) is 2.29. The minimum atomic E-state index is -1.45. The van der Waals surface area contributed by atoms with Crippen molar-refractivity contribution in [3.8, 4) is 0 Å². The number of hydrogen-bond donors (Lipinski definition) is 1. The number of alkyl halides is 1. The van der Waals surface area contributed by atoms with Gasteiger partial charge in [0.15, 0.2) is 10.8 Å². The molecular weight excluding hydrogens is 224 g/mol. The van der Waals surface area contributed by atoms with E-state index in [1.54, 1.807) is 24.3 Å². The Morgan fingerprint density at radius 1 is 1.19 bits per heavy atom. The van der Waals surface area contributed by atoms with E-state index in [0.29, 0.717) is 5.56 Å². The quantitative estimate of drug-likeness (QED) is 0.485. The fraction of sp³-hybridized carbons (Fsp3) is 0.154. The van der Waals surface area contributed by atoms with Crippen LogP contribution < -0.4 is 0 Å². The van der Waals surface area contributed by atoms with Crippen molar-refractivity contribution in [2.24, 2.45) is 5.92 Å². The zero-order valence-electron chi connectivity index (χ0n) is 8.51. The zero-order chi connectivity index (χ0) is 11.6. The van der Waals surface area contributed by atoms with Crippen molar-refractivity contribution in [1.29, 1.82) is 0 Å². The van der Waals surface area contributed by atoms with Gasteiger partial charge in [-0.3, -0.25) is 4.79 Å². The normalized spacial score (nSPS) is 28.0. The maximum Gasteiger partial charge on any atom is 0.176 e. The van der Waals surface area contributed by atoms with Gasteiger partial charge in [0.05, 0.1) is 5.92 Å². The van der Waals surface area contributed by atoms with E-state index in [2.05, 4.69) is 0 Å². The highest BCUT2D eigenvalue weighted by Crippen LogP contribution is 2.24. The second kappa shape index (κ2) is 4.24. The molecule has 0 amide bonds. The Balaban J connectivity index is 2.18. The number of halogens is 1. The molecule has 0 spiro atoms. The van der Waals surface area contributed by atoms with Gasteiger partial charge >= 0.3 is 0 Å². The topological polar surface area (TPSA) is 37.3 Å². The molecule has 2 rings (SSSR count). The summed E-state index contributed by atoms with van der Waals surface area (Å²) in [6, 6.07) is 9.04. The van der Waals surface area contributed by atoms with Crippen molar-refractivity contribution in [3.63, 3.8) is 0 Å². The van der Waals surface area contributed by atoms with Crippen molar-refractivity contribution in [1.82, 2.24) is 0 Å². The van der Waals surface area contributed by atoms with Gasteiger partial charge < -0.3 is 5.11 Å². The summed E-state index contributed by atoms with van der Waals surface area (Å²) in [7, 11) is 0. The van der Waals surface area contributed by atoms with Gasteiger partial charge in [-0.2, -0.15) is 0 Å². The molecule has 3 heteroatoms. The number of hydrogen-bond acceptors (Lipinski definition) is 2. The zero-order valence-corrected chi connectivity index (χ0v) is 9.26. The van der Waals surface area contributed by atoms with Gasteiger partial charge in [0.25, 0.3) is 0 Å². The van der Waals surface area contributed by atoms with Crippen molar-refractivity contribution >= 4 is 17.4 Å². The average molecular weight is 235 g/mol. The minimum Gasteiger partial charge on any atom is -0.368 e. The molecule has 0 radical (unpaired) electrons. The third-order valence-electron chi connectivity index (χ3n) is 2.44. The summed E-state index contributed by atoms with van der Waals surface area (Å²) < 4.78 is 0. The number of rotatable bonds is 2. The lowest BCUT2D eigenvalue weighted by atomic mass is 9.93. The van der Waals surface area contributed by atoms with Crippen LogP contribution in [0.15, 0.2) is 54.6 Å². The van der Waals surface area contributed by atoms with Crippen LogP contribution in [0.3, 0.4) is 0 Å². The fourth-order valence-corrected chi connectivity index (χ4v) is 1.71. The van der Waals surface area contributed by atoms with E-state index >= 15 is 0 Å². The number of aliphatic hydroxyl groups is 1. The first kappa shape index (κ1) is 11.1. The first-order chi connectivity index (χ1) is 7.58. The van der Waals surface area contributed by atoms with Crippen molar-refractivity contribution < 1.29 is 9.90 Å². The lowest BCUT2D eigenvalue weighted by Gasteiger charge is -2.18. The maximum atomic E-state index is 12.0. The fourth-order valence-electron chi connectivity index (χ4n) is 1.57. The van der Waals surface area contributed by atoms with Gasteiger partial charge in [-0.1, -0.05) is 54.1 Å². The molecule has 16 heavy (non-hydrogen) atoms. The van der Waals surface area contributed by atoms with Gasteiger partial charge in [0.2, 0.25) is 0 Å². The largest absolute Gasteiger partial charge is 0.368 e. The van der Waals surface area contributed by atoms with E-state index in [1.807, 2.05) is 18.2 Å². The SMILES string of the molecule is O=C(c1ccccc1)C1C=CC(O)(Cl)C=C1. The molecule has 82 valence electrons. The van der Waals surface area contributed by atoms with E-state index < -0.39 is 5.06 Å². The highest BCUT2D eigenvalue weighted by atomic mass is 35.5. The third-order valence-corrected chi connectivity index (χ3v) is 2.69. The molecule has 0 saturated carbocycles. The number of carbonyl (C=O) groups is 1. The van der Waals surface area contributed by atoms with E-state index in [9.17, 15) is 9.90 Å². The molecule has 0 heterocycles. The Kier molecular flexibility index (Phi) is 2.95. The van der Waals surface area contributed by atoms with Crippen LogP contribution in [-0.2, 0) is 0 Å². The van der Waals surface area contributed by atoms with Gasteiger partial charge in [-0.25, -0.2) is 0 Å². The molecular formula is C13H11ClO2. The molecule has 2 nitrogen and oxygen atoms in total. The van der Waals surface area contributed by atoms with Crippen molar-refractivity contribution in [3.05, 3.63) is 60.2 Å². The molecule has 1 aromatic carbocycles. The van der Waals surface area contributed by atoms with Gasteiger partial charge in [0.1, 0.15) is 0 Å². The molecule has 1 aromatic rings. The standard InChI is InChI=1S/C13H11ClO2/c14-13(16)8-6-11(7-9-13)12(15)10-4-2-1-3-5-10/h1-9,11,16H. The highest BCUT2D eigenvalue weighted by Gasteiger charge is 2.23. The Labute approximate surface area is 98.9 Å². The number of allylic oxidation sites excluding steroid dienone is 2. The molecule has 1 aliphatic carbocycles. The van der Waals surface area contributed by atoms with Crippen LogP contribution in [0.5, 0.6) is 0 Å². The smallest absolute Gasteiger partial charge is 0.176 e. The van der Waals surface area contributed by atoms with Gasteiger partial charge in [-0.15, -0.1) is 0 Å². The third kappa shape index (κ3) is 2.40. The number of Topliss-reactive ketones (excluding diaryl/α,β-unsaturated/α-hetero) is 1.